The molecule has 5 heteroatoms. The van der Waals surface area contributed by atoms with Gasteiger partial charge in [0.25, 0.3) is 5.91 Å². The van der Waals surface area contributed by atoms with Crippen LogP contribution in [0.3, 0.4) is 0 Å². The molecule has 4 nitrogen and oxygen atoms in total. The number of carbonyl (C=O) groups excluding carboxylic acids is 1. The Morgan fingerprint density at radius 1 is 1.22 bits per heavy atom. The van der Waals surface area contributed by atoms with Crippen LogP contribution < -0.4 is 10.1 Å². The van der Waals surface area contributed by atoms with Crippen molar-refractivity contribution in [1.29, 1.82) is 0 Å². The van der Waals surface area contributed by atoms with Crippen molar-refractivity contribution in [3.63, 3.8) is 0 Å². The summed E-state index contributed by atoms with van der Waals surface area (Å²) in [5.41, 5.74) is 2.12. The van der Waals surface area contributed by atoms with Gasteiger partial charge in [0.05, 0.1) is 16.8 Å². The summed E-state index contributed by atoms with van der Waals surface area (Å²) >= 11 is 1.59. The zero-order chi connectivity index (χ0) is 16.2. The van der Waals surface area contributed by atoms with Gasteiger partial charge >= 0.3 is 0 Å². The van der Waals surface area contributed by atoms with Crippen molar-refractivity contribution in [3.05, 3.63) is 59.1 Å². The van der Waals surface area contributed by atoms with Gasteiger partial charge in [0.2, 0.25) is 0 Å². The molecule has 0 aliphatic heterocycles. The number of aromatic nitrogens is 1. The van der Waals surface area contributed by atoms with Crippen LogP contribution in [0.5, 0.6) is 5.75 Å². The van der Waals surface area contributed by atoms with E-state index in [1.165, 1.54) is 0 Å². The molecule has 23 heavy (non-hydrogen) atoms. The average Bonchev–Trinajstić information content (AvgIpc) is 2.97. The lowest BCUT2D eigenvalue weighted by molar-refractivity contribution is -0.127. The average molecular weight is 326 g/mol. The Bertz CT molecular complexity index is 778. The summed E-state index contributed by atoms with van der Waals surface area (Å²) in [4.78, 5) is 16.6. The van der Waals surface area contributed by atoms with Gasteiger partial charge in [0.15, 0.2) is 6.10 Å². The smallest absolute Gasteiger partial charge is 0.261 e. The number of ether oxygens (including phenoxy) is 1. The second-order valence-corrected chi connectivity index (χ2v) is 6.48. The maximum Gasteiger partial charge on any atom is 0.261 e. The molecule has 0 saturated heterocycles. The third-order valence-corrected chi connectivity index (χ3v) is 4.49. The highest BCUT2D eigenvalue weighted by molar-refractivity contribution is 7.18. The zero-order valence-corrected chi connectivity index (χ0v) is 13.9. The molecule has 118 valence electrons. The first-order valence-corrected chi connectivity index (χ1v) is 8.29. The number of hydrogen-bond donors (Lipinski definition) is 1. The fraction of sp³-hybridized carbons (Fsp3) is 0.222. The van der Waals surface area contributed by atoms with Crippen LogP contribution in [0.15, 0.2) is 48.5 Å². The second-order valence-electron chi connectivity index (χ2n) is 5.37. The van der Waals surface area contributed by atoms with Crippen molar-refractivity contribution >= 4 is 27.5 Å². The molecule has 1 N–H and O–H groups in total. The number of nitrogens with zero attached hydrogens (tertiary/aromatic N) is 1. The molecule has 1 amide bonds. The van der Waals surface area contributed by atoms with Crippen LogP contribution in [-0.4, -0.2) is 17.0 Å². The SMILES string of the molecule is Cc1ccc(OC(C)C(=O)NCc2nc3ccccc3s2)cc1. The number of benzene rings is 2. The molecule has 0 fully saturated rings. The first kappa shape index (κ1) is 15.5. The lowest BCUT2D eigenvalue weighted by atomic mass is 10.2. The standard InChI is InChI=1S/C18H18N2O2S/c1-12-7-9-14(10-8-12)22-13(2)18(21)19-11-17-20-15-5-3-4-6-16(15)23-17/h3-10,13H,11H2,1-2H3,(H,19,21). The summed E-state index contributed by atoms with van der Waals surface area (Å²) in [6, 6.07) is 15.6. The Morgan fingerprint density at radius 3 is 2.70 bits per heavy atom. The van der Waals surface area contributed by atoms with Crippen LogP contribution in [0.2, 0.25) is 0 Å². The summed E-state index contributed by atoms with van der Waals surface area (Å²) in [6.45, 7) is 4.17. The summed E-state index contributed by atoms with van der Waals surface area (Å²) < 4.78 is 6.78. The minimum Gasteiger partial charge on any atom is -0.481 e. The van der Waals surface area contributed by atoms with Gasteiger partial charge in [-0.2, -0.15) is 0 Å². The highest BCUT2D eigenvalue weighted by Crippen LogP contribution is 2.21. The Kier molecular flexibility index (Phi) is 4.57. The molecule has 1 unspecified atom stereocenters. The molecule has 0 aliphatic carbocycles. The number of rotatable bonds is 5. The lowest BCUT2D eigenvalue weighted by Crippen LogP contribution is -2.35. The molecule has 1 aromatic heterocycles. The van der Waals surface area contributed by atoms with E-state index >= 15 is 0 Å². The van der Waals surface area contributed by atoms with E-state index in [0.29, 0.717) is 12.3 Å². The van der Waals surface area contributed by atoms with Gasteiger partial charge in [-0.3, -0.25) is 4.79 Å². The van der Waals surface area contributed by atoms with E-state index in [2.05, 4.69) is 10.3 Å². The molecule has 3 rings (SSSR count). The van der Waals surface area contributed by atoms with E-state index in [1.807, 2.05) is 55.5 Å². The fourth-order valence-electron chi connectivity index (χ4n) is 2.18. The van der Waals surface area contributed by atoms with Crippen molar-refractivity contribution in [1.82, 2.24) is 10.3 Å². The molecular weight excluding hydrogens is 308 g/mol. The normalized spacial score (nSPS) is 12.1. The van der Waals surface area contributed by atoms with Crippen molar-refractivity contribution in [2.45, 2.75) is 26.5 Å². The number of amides is 1. The van der Waals surface area contributed by atoms with E-state index in [4.69, 9.17) is 4.74 Å². The van der Waals surface area contributed by atoms with Crippen LogP contribution >= 0.6 is 11.3 Å². The second kappa shape index (κ2) is 6.79. The first-order chi connectivity index (χ1) is 11.1. The molecule has 0 aliphatic rings. The molecule has 0 bridgehead atoms. The number of fused-ring (bicyclic) bond motifs is 1. The van der Waals surface area contributed by atoms with Crippen molar-refractivity contribution in [2.75, 3.05) is 0 Å². The van der Waals surface area contributed by atoms with Crippen LogP contribution in [0.25, 0.3) is 10.2 Å². The van der Waals surface area contributed by atoms with Gasteiger partial charge in [-0.1, -0.05) is 29.8 Å². The molecule has 1 atom stereocenters. The highest BCUT2D eigenvalue weighted by atomic mass is 32.1. The van der Waals surface area contributed by atoms with Gasteiger partial charge in [0, 0.05) is 0 Å². The molecular formula is C18H18N2O2S. The predicted octanol–water partition coefficient (Wildman–Crippen LogP) is 3.69. The largest absolute Gasteiger partial charge is 0.481 e. The number of carbonyl (C=O) groups is 1. The van der Waals surface area contributed by atoms with Gasteiger partial charge < -0.3 is 10.1 Å². The number of aryl methyl sites for hydroxylation is 1. The first-order valence-electron chi connectivity index (χ1n) is 7.47. The maximum atomic E-state index is 12.1. The van der Waals surface area contributed by atoms with Gasteiger partial charge in [-0.25, -0.2) is 4.98 Å². The van der Waals surface area contributed by atoms with Crippen LogP contribution in [0.1, 0.15) is 17.5 Å². The minimum atomic E-state index is -0.549. The van der Waals surface area contributed by atoms with E-state index in [9.17, 15) is 4.79 Å². The Hall–Kier alpha value is -2.40. The van der Waals surface area contributed by atoms with Crippen molar-refractivity contribution in [3.8, 4) is 5.75 Å². The molecule has 0 radical (unpaired) electrons. The van der Waals surface area contributed by atoms with Gasteiger partial charge in [-0.15, -0.1) is 11.3 Å². The number of para-hydroxylation sites is 1. The summed E-state index contributed by atoms with van der Waals surface area (Å²) in [6.07, 6.45) is -0.549. The van der Waals surface area contributed by atoms with Crippen molar-refractivity contribution < 1.29 is 9.53 Å². The Labute approximate surface area is 139 Å². The summed E-state index contributed by atoms with van der Waals surface area (Å²) in [5, 5.41) is 3.77. The Balaban J connectivity index is 1.56. The minimum absolute atomic E-state index is 0.148. The van der Waals surface area contributed by atoms with E-state index < -0.39 is 6.10 Å². The third-order valence-electron chi connectivity index (χ3n) is 3.46. The van der Waals surface area contributed by atoms with E-state index in [-0.39, 0.29) is 5.91 Å². The number of thiazole rings is 1. The number of hydrogen-bond acceptors (Lipinski definition) is 4. The van der Waals surface area contributed by atoms with E-state index in [1.54, 1.807) is 18.3 Å². The molecule has 0 saturated carbocycles. The summed E-state index contributed by atoms with van der Waals surface area (Å²) in [5.74, 6) is 0.545. The van der Waals surface area contributed by atoms with Crippen LogP contribution in [-0.2, 0) is 11.3 Å². The Morgan fingerprint density at radius 2 is 1.96 bits per heavy atom. The molecule has 2 aromatic carbocycles. The fourth-order valence-corrected chi connectivity index (χ4v) is 3.08. The predicted molar refractivity (Wildman–Crippen MR) is 92.7 cm³/mol. The summed E-state index contributed by atoms with van der Waals surface area (Å²) in [7, 11) is 0. The highest BCUT2D eigenvalue weighted by Gasteiger charge is 2.15. The van der Waals surface area contributed by atoms with Crippen molar-refractivity contribution in [2.24, 2.45) is 0 Å². The lowest BCUT2D eigenvalue weighted by Gasteiger charge is -2.14. The quantitative estimate of drug-likeness (QED) is 0.778. The molecule has 3 aromatic rings. The topological polar surface area (TPSA) is 51.2 Å². The van der Waals surface area contributed by atoms with Gasteiger partial charge in [0.1, 0.15) is 10.8 Å². The van der Waals surface area contributed by atoms with E-state index in [0.717, 1.165) is 20.8 Å². The maximum absolute atomic E-state index is 12.1. The zero-order valence-electron chi connectivity index (χ0n) is 13.1. The number of nitrogens with one attached hydrogen (secondary N) is 1. The van der Waals surface area contributed by atoms with Gasteiger partial charge in [-0.05, 0) is 38.1 Å². The van der Waals surface area contributed by atoms with Crippen LogP contribution in [0.4, 0.5) is 0 Å². The third kappa shape index (κ3) is 3.87. The van der Waals surface area contributed by atoms with Crippen LogP contribution in [0, 0.1) is 6.92 Å². The monoisotopic (exact) mass is 326 g/mol. The molecule has 1 heterocycles. The molecule has 0 spiro atoms.